The Kier molecular flexibility index (Phi) is 4.71. The van der Waals surface area contributed by atoms with Crippen molar-refractivity contribution in [3.63, 3.8) is 0 Å². The smallest absolute Gasteiger partial charge is 0.0324 e. The van der Waals surface area contributed by atoms with Crippen molar-refractivity contribution in [2.24, 2.45) is 0 Å². The first-order valence-electron chi connectivity index (χ1n) is 6.06. The molecule has 17 heavy (non-hydrogen) atoms. The van der Waals surface area contributed by atoms with Gasteiger partial charge in [-0.1, -0.05) is 13.0 Å². The van der Waals surface area contributed by atoms with E-state index in [0.29, 0.717) is 6.04 Å². The molecule has 0 aliphatic carbocycles. The lowest BCUT2D eigenvalue weighted by Gasteiger charge is -2.17. The van der Waals surface area contributed by atoms with Gasteiger partial charge in [0.25, 0.3) is 0 Å². The Morgan fingerprint density at radius 3 is 2.76 bits per heavy atom. The number of nitrogens with zero attached hydrogens (tertiary/aromatic N) is 1. The normalized spacial score (nSPS) is 12.5. The molecule has 0 saturated heterocycles. The molecule has 0 aromatic carbocycles. The lowest BCUT2D eigenvalue weighted by atomic mass is 10.0. The van der Waals surface area contributed by atoms with E-state index in [1.807, 2.05) is 23.7 Å². The zero-order valence-corrected chi connectivity index (χ0v) is 10.9. The zero-order chi connectivity index (χ0) is 11.9. The zero-order valence-electron chi connectivity index (χ0n) is 10.1. The van der Waals surface area contributed by atoms with E-state index in [9.17, 15) is 0 Å². The maximum atomic E-state index is 4.07. The third kappa shape index (κ3) is 3.65. The van der Waals surface area contributed by atoms with Gasteiger partial charge >= 0.3 is 0 Å². The molecule has 1 N–H and O–H groups in total. The minimum absolute atomic E-state index is 0.435. The number of thiophene rings is 1. The van der Waals surface area contributed by atoms with E-state index < -0.39 is 0 Å². The van der Waals surface area contributed by atoms with Gasteiger partial charge in [0, 0.05) is 23.3 Å². The fourth-order valence-electron chi connectivity index (χ4n) is 1.97. The van der Waals surface area contributed by atoms with Crippen LogP contribution in [0.2, 0.25) is 0 Å². The molecular formula is C14H18N2S. The monoisotopic (exact) mass is 246 g/mol. The first kappa shape index (κ1) is 12.3. The molecule has 90 valence electrons. The van der Waals surface area contributed by atoms with Crippen LogP contribution in [0.15, 0.2) is 42.0 Å². The number of aromatic nitrogens is 1. The van der Waals surface area contributed by atoms with Gasteiger partial charge in [0.2, 0.25) is 0 Å². The van der Waals surface area contributed by atoms with Crippen molar-refractivity contribution < 1.29 is 0 Å². The van der Waals surface area contributed by atoms with Gasteiger partial charge in [-0.3, -0.25) is 4.98 Å². The quantitative estimate of drug-likeness (QED) is 0.844. The van der Waals surface area contributed by atoms with E-state index in [2.05, 4.69) is 46.9 Å². The van der Waals surface area contributed by atoms with E-state index >= 15 is 0 Å². The van der Waals surface area contributed by atoms with Crippen LogP contribution in [0.1, 0.15) is 29.8 Å². The van der Waals surface area contributed by atoms with Crippen molar-refractivity contribution >= 4 is 11.3 Å². The van der Waals surface area contributed by atoms with E-state index in [4.69, 9.17) is 0 Å². The number of hydrogen-bond donors (Lipinski definition) is 1. The summed E-state index contributed by atoms with van der Waals surface area (Å²) in [6.45, 7) is 3.15. The van der Waals surface area contributed by atoms with Crippen LogP contribution >= 0.6 is 11.3 Å². The van der Waals surface area contributed by atoms with Gasteiger partial charge < -0.3 is 5.32 Å². The molecule has 0 spiro atoms. The summed E-state index contributed by atoms with van der Waals surface area (Å²) in [7, 11) is 0. The highest BCUT2D eigenvalue weighted by atomic mass is 32.1. The fourth-order valence-corrected chi connectivity index (χ4v) is 2.69. The summed E-state index contributed by atoms with van der Waals surface area (Å²) >= 11 is 1.84. The number of rotatable bonds is 6. The third-order valence-corrected chi connectivity index (χ3v) is 3.75. The molecular weight excluding hydrogens is 228 g/mol. The van der Waals surface area contributed by atoms with Gasteiger partial charge in [0.15, 0.2) is 0 Å². The highest BCUT2D eigenvalue weighted by Gasteiger charge is 2.10. The molecule has 2 nitrogen and oxygen atoms in total. The first-order valence-corrected chi connectivity index (χ1v) is 6.94. The maximum Gasteiger partial charge on any atom is 0.0324 e. The summed E-state index contributed by atoms with van der Waals surface area (Å²) in [5.74, 6) is 0. The molecule has 1 atom stereocenters. The summed E-state index contributed by atoms with van der Waals surface area (Å²) in [4.78, 5) is 5.53. The fraction of sp³-hybridized carbons (Fsp3) is 0.357. The van der Waals surface area contributed by atoms with Crippen molar-refractivity contribution in [1.82, 2.24) is 10.3 Å². The second-order valence-corrected chi connectivity index (χ2v) is 5.04. The van der Waals surface area contributed by atoms with Crippen LogP contribution in [0, 0.1) is 0 Å². The Morgan fingerprint density at radius 1 is 1.29 bits per heavy atom. The molecule has 2 rings (SSSR count). The number of aryl methyl sites for hydroxylation is 1. The SMILES string of the molecule is CCNC(CCc1cccs1)c1ccncc1. The Labute approximate surface area is 107 Å². The highest BCUT2D eigenvalue weighted by Crippen LogP contribution is 2.20. The molecule has 0 fully saturated rings. The third-order valence-electron chi connectivity index (χ3n) is 2.82. The molecule has 2 aromatic rings. The van der Waals surface area contributed by atoms with Crippen LogP contribution in [-0.4, -0.2) is 11.5 Å². The maximum absolute atomic E-state index is 4.07. The Morgan fingerprint density at radius 2 is 2.12 bits per heavy atom. The molecule has 0 bridgehead atoms. The Balaban J connectivity index is 1.98. The van der Waals surface area contributed by atoms with Crippen LogP contribution in [0.4, 0.5) is 0 Å². The highest BCUT2D eigenvalue weighted by molar-refractivity contribution is 7.09. The molecule has 1 unspecified atom stereocenters. The lowest BCUT2D eigenvalue weighted by Crippen LogP contribution is -2.21. The Hall–Kier alpha value is -1.19. The van der Waals surface area contributed by atoms with Crippen molar-refractivity contribution in [2.45, 2.75) is 25.8 Å². The summed E-state index contributed by atoms with van der Waals surface area (Å²) in [6.07, 6.45) is 6.01. The Bertz CT molecular complexity index is 411. The van der Waals surface area contributed by atoms with Crippen molar-refractivity contribution in [3.8, 4) is 0 Å². The number of nitrogens with one attached hydrogen (secondary N) is 1. The van der Waals surface area contributed by atoms with Crippen LogP contribution in [0.3, 0.4) is 0 Å². The minimum Gasteiger partial charge on any atom is -0.310 e. The average Bonchev–Trinajstić information content (AvgIpc) is 2.88. The minimum atomic E-state index is 0.435. The molecule has 2 aromatic heterocycles. The summed E-state index contributed by atoms with van der Waals surface area (Å²) in [5, 5.41) is 5.68. The van der Waals surface area contributed by atoms with Crippen LogP contribution in [0.25, 0.3) is 0 Å². The van der Waals surface area contributed by atoms with Crippen LogP contribution < -0.4 is 5.32 Å². The van der Waals surface area contributed by atoms with Gasteiger partial charge in [0.1, 0.15) is 0 Å². The predicted octanol–water partition coefficient (Wildman–Crippen LogP) is 3.43. The predicted molar refractivity (Wildman–Crippen MR) is 73.3 cm³/mol. The average molecular weight is 246 g/mol. The van der Waals surface area contributed by atoms with Crippen molar-refractivity contribution in [2.75, 3.05) is 6.54 Å². The van der Waals surface area contributed by atoms with E-state index in [0.717, 1.165) is 19.4 Å². The number of hydrogen-bond acceptors (Lipinski definition) is 3. The number of pyridine rings is 1. The van der Waals surface area contributed by atoms with E-state index in [1.165, 1.54) is 10.4 Å². The molecule has 2 heterocycles. The molecule has 0 saturated carbocycles. The summed E-state index contributed by atoms with van der Waals surface area (Å²) < 4.78 is 0. The summed E-state index contributed by atoms with van der Waals surface area (Å²) in [6, 6.07) is 8.96. The van der Waals surface area contributed by atoms with Gasteiger partial charge in [-0.15, -0.1) is 11.3 Å². The summed E-state index contributed by atoms with van der Waals surface area (Å²) in [5.41, 5.74) is 1.33. The topological polar surface area (TPSA) is 24.9 Å². The lowest BCUT2D eigenvalue weighted by molar-refractivity contribution is 0.516. The standard InChI is InChI=1S/C14H18N2S/c1-2-16-14(12-7-9-15-10-8-12)6-5-13-4-3-11-17-13/h3-4,7-11,14,16H,2,5-6H2,1H3. The second kappa shape index (κ2) is 6.52. The largest absolute Gasteiger partial charge is 0.310 e. The van der Waals surface area contributed by atoms with E-state index in [-0.39, 0.29) is 0 Å². The second-order valence-electron chi connectivity index (χ2n) is 4.01. The van der Waals surface area contributed by atoms with Gasteiger partial charge in [0.05, 0.1) is 0 Å². The molecule has 3 heteroatoms. The van der Waals surface area contributed by atoms with Crippen LogP contribution in [-0.2, 0) is 6.42 Å². The van der Waals surface area contributed by atoms with Crippen molar-refractivity contribution in [1.29, 1.82) is 0 Å². The van der Waals surface area contributed by atoms with Gasteiger partial charge in [-0.25, -0.2) is 0 Å². The molecule has 0 radical (unpaired) electrons. The molecule has 0 aliphatic rings. The van der Waals surface area contributed by atoms with Crippen LogP contribution in [0.5, 0.6) is 0 Å². The van der Waals surface area contributed by atoms with Gasteiger partial charge in [-0.2, -0.15) is 0 Å². The first-order chi connectivity index (χ1) is 8.40. The van der Waals surface area contributed by atoms with Gasteiger partial charge in [-0.05, 0) is 48.5 Å². The molecule has 0 aliphatic heterocycles. The van der Waals surface area contributed by atoms with E-state index in [1.54, 1.807) is 0 Å². The van der Waals surface area contributed by atoms with Crippen molar-refractivity contribution in [3.05, 3.63) is 52.5 Å². The molecule has 0 amide bonds.